The van der Waals surface area contributed by atoms with Gasteiger partial charge in [0.1, 0.15) is 30.7 Å². The quantitative estimate of drug-likeness (QED) is 0.555. The first-order chi connectivity index (χ1) is 18.0. The molecule has 3 aliphatic heterocycles. The van der Waals surface area contributed by atoms with Gasteiger partial charge in [0.05, 0.1) is 30.6 Å². The third-order valence-corrected chi connectivity index (χ3v) is 7.16. The third-order valence-electron chi connectivity index (χ3n) is 7.16. The Morgan fingerprint density at radius 2 is 2.03 bits per heavy atom. The van der Waals surface area contributed by atoms with Gasteiger partial charge >= 0.3 is 6.09 Å². The van der Waals surface area contributed by atoms with E-state index in [-0.39, 0.29) is 29.6 Å². The Balaban J connectivity index is 1.14. The van der Waals surface area contributed by atoms with Gasteiger partial charge in [-0.15, -0.1) is 0 Å². The molecule has 10 nitrogen and oxygen atoms in total. The van der Waals surface area contributed by atoms with Crippen molar-refractivity contribution in [2.75, 3.05) is 51.4 Å². The number of likely N-dealkylation sites (tertiary alicyclic amines) is 1. The summed E-state index contributed by atoms with van der Waals surface area (Å²) in [4.78, 5) is 24.9. The number of aromatic nitrogens is 2. The number of aliphatic hydroxyl groups excluding tert-OH is 1. The van der Waals surface area contributed by atoms with Gasteiger partial charge in [-0.05, 0) is 31.2 Å². The number of carbonyl (C=O) groups excluding carboxylic acids is 1. The van der Waals surface area contributed by atoms with Crippen LogP contribution in [0.2, 0.25) is 0 Å². The summed E-state index contributed by atoms with van der Waals surface area (Å²) in [5, 5.41) is 11.0. The van der Waals surface area contributed by atoms with Crippen molar-refractivity contribution in [3.63, 3.8) is 0 Å². The number of hydrogen-bond acceptors (Lipinski definition) is 9. The van der Waals surface area contributed by atoms with E-state index in [1.54, 1.807) is 29.2 Å². The monoisotopic (exact) mass is 510 g/mol. The zero-order valence-electron chi connectivity index (χ0n) is 20.3. The number of β-amino-alcohol motifs (C(OH)–C–C–N with tert-alkyl or cyclic N) is 1. The van der Waals surface area contributed by atoms with Crippen LogP contribution in [0.1, 0.15) is 18.1 Å². The fourth-order valence-corrected chi connectivity index (χ4v) is 5.26. The number of amides is 1. The average Bonchev–Trinajstić information content (AvgIpc) is 2.91. The molecule has 3 aliphatic rings. The standard InChI is InChI=1S/C26H27FN4O6/c1-34-23-5-3-18-25(29-23)24(17(27)11-28-18)19(32)13-30-7-6-15-12-31(26(33)37-22(15)14-30)16-2-4-20-21(10-16)36-9-8-35-20/h2-5,10-11,15,19,22,32H,6-9,12-14H2,1H3/t15-,19?,22+/m1/s1. The maximum atomic E-state index is 14.8. The molecule has 1 N–H and O–H groups in total. The summed E-state index contributed by atoms with van der Waals surface area (Å²) in [6.45, 7) is 2.78. The van der Waals surface area contributed by atoms with Gasteiger partial charge in [0.25, 0.3) is 0 Å². The molecule has 3 aromatic rings. The Morgan fingerprint density at radius 1 is 1.19 bits per heavy atom. The van der Waals surface area contributed by atoms with Crippen molar-refractivity contribution >= 4 is 22.8 Å². The first-order valence-corrected chi connectivity index (χ1v) is 12.3. The number of pyridine rings is 2. The van der Waals surface area contributed by atoms with Gasteiger partial charge in [0.15, 0.2) is 11.5 Å². The summed E-state index contributed by atoms with van der Waals surface area (Å²) in [6.07, 6.45) is -0.0364. The van der Waals surface area contributed by atoms with Crippen LogP contribution < -0.4 is 19.1 Å². The van der Waals surface area contributed by atoms with Gasteiger partial charge in [-0.25, -0.2) is 14.2 Å². The maximum absolute atomic E-state index is 14.8. The lowest BCUT2D eigenvalue weighted by Crippen LogP contribution is -2.56. The Morgan fingerprint density at radius 3 is 2.86 bits per heavy atom. The van der Waals surface area contributed by atoms with E-state index in [0.717, 1.165) is 12.6 Å². The highest BCUT2D eigenvalue weighted by Crippen LogP contribution is 2.37. The summed E-state index contributed by atoms with van der Waals surface area (Å²) < 4.78 is 37.0. The average molecular weight is 511 g/mol. The fourth-order valence-electron chi connectivity index (χ4n) is 5.26. The molecule has 2 saturated heterocycles. The highest BCUT2D eigenvalue weighted by Gasteiger charge is 2.40. The van der Waals surface area contributed by atoms with Crippen molar-refractivity contribution in [3.05, 3.63) is 47.9 Å². The van der Waals surface area contributed by atoms with E-state index in [1.807, 2.05) is 11.0 Å². The molecule has 0 radical (unpaired) electrons. The SMILES string of the molecule is COc1ccc2ncc(F)c(C(O)CN3CC[C@@H]4CN(c5ccc6c(c5)OCCO6)C(=O)O[C@H]4C3)c2n1. The molecule has 0 bridgehead atoms. The first kappa shape index (κ1) is 23.7. The van der Waals surface area contributed by atoms with E-state index in [2.05, 4.69) is 9.97 Å². The molecule has 1 unspecified atom stereocenters. The normalized spacial score (nSPS) is 22.4. The molecular formula is C26H27FN4O6. The fraction of sp³-hybridized carbons (Fsp3) is 0.423. The Hall–Kier alpha value is -3.70. The molecule has 2 aromatic heterocycles. The molecule has 0 aliphatic carbocycles. The van der Waals surface area contributed by atoms with Gasteiger partial charge < -0.3 is 24.1 Å². The van der Waals surface area contributed by atoms with Crippen LogP contribution >= 0.6 is 0 Å². The number of ether oxygens (including phenoxy) is 4. The predicted octanol–water partition coefficient (Wildman–Crippen LogP) is 2.93. The molecule has 0 saturated carbocycles. The number of halogens is 1. The van der Waals surface area contributed by atoms with Crippen molar-refractivity contribution in [3.8, 4) is 17.4 Å². The van der Waals surface area contributed by atoms with Gasteiger partial charge in [0.2, 0.25) is 5.88 Å². The van der Waals surface area contributed by atoms with Crippen LogP contribution in [-0.4, -0.2) is 78.7 Å². The predicted molar refractivity (Wildman–Crippen MR) is 131 cm³/mol. The Kier molecular flexibility index (Phi) is 6.17. The largest absolute Gasteiger partial charge is 0.486 e. The molecule has 194 valence electrons. The number of nitrogens with zero attached hydrogens (tertiary/aromatic N) is 4. The number of anilines is 1. The number of piperidine rings is 1. The molecule has 0 spiro atoms. The van der Waals surface area contributed by atoms with Crippen LogP contribution in [0.3, 0.4) is 0 Å². The lowest BCUT2D eigenvalue weighted by Gasteiger charge is -2.44. The number of hydrogen-bond donors (Lipinski definition) is 1. The van der Waals surface area contributed by atoms with Crippen LogP contribution in [0, 0.1) is 11.7 Å². The zero-order valence-corrected chi connectivity index (χ0v) is 20.3. The molecule has 6 rings (SSSR count). The molecule has 37 heavy (non-hydrogen) atoms. The molecule has 1 amide bonds. The Bertz CT molecular complexity index is 1340. The lowest BCUT2D eigenvalue weighted by molar-refractivity contribution is -0.0188. The van der Waals surface area contributed by atoms with E-state index in [9.17, 15) is 14.3 Å². The van der Waals surface area contributed by atoms with E-state index in [1.165, 1.54) is 7.11 Å². The highest BCUT2D eigenvalue weighted by molar-refractivity contribution is 5.89. The van der Waals surface area contributed by atoms with E-state index < -0.39 is 18.0 Å². The number of fused-ring (bicyclic) bond motifs is 3. The van der Waals surface area contributed by atoms with Gasteiger partial charge in [-0.2, -0.15) is 0 Å². The molecule has 2 fully saturated rings. The van der Waals surface area contributed by atoms with Gasteiger partial charge in [0, 0.05) is 43.2 Å². The van der Waals surface area contributed by atoms with Crippen molar-refractivity contribution in [2.45, 2.75) is 18.6 Å². The van der Waals surface area contributed by atoms with Crippen molar-refractivity contribution in [1.82, 2.24) is 14.9 Å². The van der Waals surface area contributed by atoms with Crippen LogP contribution in [0.4, 0.5) is 14.9 Å². The smallest absolute Gasteiger partial charge is 0.414 e. The summed E-state index contributed by atoms with van der Waals surface area (Å²) in [5.74, 6) is 1.09. The topological polar surface area (TPSA) is 106 Å². The minimum absolute atomic E-state index is 0.0800. The molecular weight excluding hydrogens is 483 g/mol. The number of aliphatic hydroxyl groups is 1. The summed E-state index contributed by atoms with van der Waals surface area (Å²) in [6, 6.07) is 8.76. The maximum Gasteiger partial charge on any atom is 0.414 e. The number of rotatable bonds is 5. The summed E-state index contributed by atoms with van der Waals surface area (Å²) in [5.41, 5.74) is 1.52. The lowest BCUT2D eigenvalue weighted by atomic mass is 9.91. The summed E-state index contributed by atoms with van der Waals surface area (Å²) >= 11 is 0. The second-order valence-electron chi connectivity index (χ2n) is 9.43. The second kappa shape index (κ2) is 9.64. The van der Waals surface area contributed by atoms with Crippen molar-refractivity contribution in [1.29, 1.82) is 0 Å². The molecule has 1 aromatic carbocycles. The van der Waals surface area contributed by atoms with E-state index in [4.69, 9.17) is 18.9 Å². The van der Waals surface area contributed by atoms with Crippen molar-refractivity contribution in [2.24, 2.45) is 5.92 Å². The third kappa shape index (κ3) is 4.49. The van der Waals surface area contributed by atoms with Crippen LogP contribution in [0.25, 0.3) is 11.0 Å². The first-order valence-electron chi connectivity index (χ1n) is 12.3. The van der Waals surface area contributed by atoms with Crippen LogP contribution in [0.15, 0.2) is 36.5 Å². The number of carbonyl (C=O) groups is 1. The van der Waals surface area contributed by atoms with E-state index >= 15 is 0 Å². The van der Waals surface area contributed by atoms with E-state index in [0.29, 0.717) is 61.4 Å². The van der Waals surface area contributed by atoms with Crippen molar-refractivity contribution < 1.29 is 33.2 Å². The van der Waals surface area contributed by atoms with Crippen LogP contribution in [0.5, 0.6) is 17.4 Å². The molecule has 5 heterocycles. The molecule has 11 heteroatoms. The number of benzene rings is 1. The highest BCUT2D eigenvalue weighted by atomic mass is 19.1. The minimum Gasteiger partial charge on any atom is -0.486 e. The Labute approximate surface area is 212 Å². The van der Waals surface area contributed by atoms with Gasteiger partial charge in [-0.3, -0.25) is 14.8 Å². The number of methoxy groups -OCH3 is 1. The zero-order chi connectivity index (χ0) is 25.5. The minimum atomic E-state index is -1.14. The summed E-state index contributed by atoms with van der Waals surface area (Å²) in [7, 11) is 1.47. The molecule has 3 atom stereocenters. The second-order valence-corrected chi connectivity index (χ2v) is 9.43. The van der Waals surface area contributed by atoms with Crippen LogP contribution in [-0.2, 0) is 4.74 Å². The van der Waals surface area contributed by atoms with Gasteiger partial charge in [-0.1, -0.05) is 0 Å².